The molecule has 2 aromatic carbocycles. The summed E-state index contributed by atoms with van der Waals surface area (Å²) in [6.45, 7) is 0.413. The van der Waals surface area contributed by atoms with Gasteiger partial charge in [-0.1, -0.05) is 27.7 Å². The van der Waals surface area contributed by atoms with Gasteiger partial charge in [0.2, 0.25) is 11.7 Å². The fraction of sp³-hybridized carbons (Fsp3) is 0.304. The molecule has 0 N–H and O–H groups in total. The number of halogens is 1. The standard InChI is InChI=1S/C23H22BrN3O4S/c1-29-19-8-14(9-20(30-2)22(19)31-3)17-10-21(28)27-12-26(13-32-23(27)18(17)11-25)16-6-4-15(24)5-7-16/h4-9,17H,10,12-13H2,1-3H3. The Morgan fingerprint density at radius 2 is 1.75 bits per heavy atom. The molecule has 1 fully saturated rings. The van der Waals surface area contributed by atoms with Crippen LogP contribution in [0.2, 0.25) is 0 Å². The number of nitriles is 1. The largest absolute Gasteiger partial charge is 0.493 e. The van der Waals surface area contributed by atoms with E-state index in [9.17, 15) is 10.1 Å². The third-order valence-corrected chi connectivity index (χ3v) is 7.26. The maximum Gasteiger partial charge on any atom is 0.229 e. The van der Waals surface area contributed by atoms with E-state index < -0.39 is 0 Å². The molecule has 2 aromatic rings. The Morgan fingerprint density at radius 1 is 1.09 bits per heavy atom. The quantitative estimate of drug-likeness (QED) is 0.571. The van der Waals surface area contributed by atoms with Crippen LogP contribution in [0.4, 0.5) is 5.69 Å². The van der Waals surface area contributed by atoms with Crippen LogP contribution in [0.5, 0.6) is 17.2 Å². The van der Waals surface area contributed by atoms with Gasteiger partial charge in [-0.15, -0.1) is 0 Å². The minimum Gasteiger partial charge on any atom is -0.493 e. The number of anilines is 1. The van der Waals surface area contributed by atoms with Crippen molar-refractivity contribution in [1.82, 2.24) is 4.90 Å². The second kappa shape index (κ2) is 9.35. The maximum atomic E-state index is 13.2. The van der Waals surface area contributed by atoms with Crippen LogP contribution >= 0.6 is 27.7 Å². The van der Waals surface area contributed by atoms with Gasteiger partial charge in [-0.05, 0) is 42.0 Å². The summed E-state index contributed by atoms with van der Waals surface area (Å²) in [7, 11) is 4.64. The van der Waals surface area contributed by atoms with E-state index >= 15 is 0 Å². The summed E-state index contributed by atoms with van der Waals surface area (Å²) in [5.74, 6) is 1.72. The van der Waals surface area contributed by atoms with Crippen LogP contribution in [0.15, 0.2) is 51.5 Å². The number of amides is 1. The van der Waals surface area contributed by atoms with Crippen LogP contribution in [0.3, 0.4) is 0 Å². The van der Waals surface area contributed by atoms with Crippen LogP contribution in [-0.2, 0) is 4.79 Å². The highest BCUT2D eigenvalue weighted by Gasteiger charge is 2.39. The van der Waals surface area contributed by atoms with Gasteiger partial charge in [0.25, 0.3) is 0 Å². The monoisotopic (exact) mass is 515 g/mol. The molecule has 2 aliphatic heterocycles. The lowest BCUT2D eigenvalue weighted by molar-refractivity contribution is -0.129. The van der Waals surface area contributed by atoms with Gasteiger partial charge in [-0.2, -0.15) is 5.26 Å². The first kappa shape index (κ1) is 22.4. The maximum absolute atomic E-state index is 13.2. The second-order valence-electron chi connectivity index (χ2n) is 7.30. The first-order chi connectivity index (χ1) is 15.5. The molecule has 166 valence electrons. The molecule has 1 saturated heterocycles. The number of thioether (sulfide) groups is 1. The van der Waals surface area contributed by atoms with Gasteiger partial charge in [0.15, 0.2) is 11.5 Å². The van der Waals surface area contributed by atoms with E-state index in [-0.39, 0.29) is 18.2 Å². The first-order valence-electron chi connectivity index (χ1n) is 9.88. The number of allylic oxidation sites excluding steroid dienone is 1. The fourth-order valence-corrected chi connectivity index (χ4v) is 5.40. The Labute approximate surface area is 199 Å². The summed E-state index contributed by atoms with van der Waals surface area (Å²) in [4.78, 5) is 17.0. The molecule has 0 spiro atoms. The summed E-state index contributed by atoms with van der Waals surface area (Å²) in [5.41, 5.74) is 2.39. The summed E-state index contributed by atoms with van der Waals surface area (Å²) in [6.07, 6.45) is 0.194. The molecule has 4 rings (SSSR count). The molecule has 1 atom stereocenters. The van der Waals surface area contributed by atoms with Crippen molar-refractivity contribution in [3.63, 3.8) is 0 Å². The molecule has 0 saturated carbocycles. The number of hydrogen-bond acceptors (Lipinski definition) is 7. The average Bonchev–Trinajstić information content (AvgIpc) is 2.83. The number of carbonyl (C=O) groups is 1. The van der Waals surface area contributed by atoms with Crippen molar-refractivity contribution in [2.75, 3.05) is 38.8 Å². The zero-order chi connectivity index (χ0) is 22.8. The number of nitrogens with zero attached hydrogens (tertiary/aromatic N) is 3. The number of hydrogen-bond donors (Lipinski definition) is 0. The molecular weight excluding hydrogens is 494 g/mol. The minimum atomic E-state index is -0.376. The lowest BCUT2D eigenvalue weighted by Gasteiger charge is -2.42. The van der Waals surface area contributed by atoms with Crippen LogP contribution < -0.4 is 19.1 Å². The number of fused-ring (bicyclic) bond motifs is 1. The summed E-state index contributed by atoms with van der Waals surface area (Å²) in [6, 6.07) is 14.0. The summed E-state index contributed by atoms with van der Waals surface area (Å²) in [5, 5.41) is 10.8. The first-order valence-corrected chi connectivity index (χ1v) is 11.7. The zero-order valence-electron chi connectivity index (χ0n) is 17.9. The zero-order valence-corrected chi connectivity index (χ0v) is 20.3. The fourth-order valence-electron chi connectivity index (χ4n) is 3.96. The van der Waals surface area contributed by atoms with Crippen LogP contribution in [0.1, 0.15) is 17.9 Å². The van der Waals surface area contributed by atoms with E-state index in [0.717, 1.165) is 20.8 Å². The molecule has 7 nitrogen and oxygen atoms in total. The molecule has 1 amide bonds. The van der Waals surface area contributed by atoms with E-state index in [2.05, 4.69) is 26.9 Å². The highest BCUT2D eigenvalue weighted by atomic mass is 79.9. The predicted octanol–water partition coefficient (Wildman–Crippen LogP) is 4.69. The van der Waals surface area contributed by atoms with Gasteiger partial charge in [0, 0.05) is 22.5 Å². The lowest BCUT2D eigenvalue weighted by atomic mass is 9.86. The van der Waals surface area contributed by atoms with Crippen molar-refractivity contribution in [3.05, 3.63) is 57.0 Å². The number of carbonyl (C=O) groups excluding carboxylic acids is 1. The van der Waals surface area contributed by atoms with E-state index in [1.54, 1.807) is 26.2 Å². The minimum absolute atomic E-state index is 0.0212. The predicted molar refractivity (Wildman–Crippen MR) is 127 cm³/mol. The molecule has 32 heavy (non-hydrogen) atoms. The Kier molecular flexibility index (Phi) is 6.53. The van der Waals surface area contributed by atoms with Crippen LogP contribution in [0.25, 0.3) is 0 Å². The molecular formula is C23H22BrN3O4S. The van der Waals surface area contributed by atoms with E-state index in [0.29, 0.717) is 35.4 Å². The lowest BCUT2D eigenvalue weighted by Crippen LogP contribution is -2.47. The highest BCUT2D eigenvalue weighted by molar-refractivity contribution is 9.10. The Balaban J connectivity index is 1.70. The van der Waals surface area contributed by atoms with Crippen LogP contribution in [-0.4, -0.2) is 44.7 Å². The van der Waals surface area contributed by atoms with Gasteiger partial charge in [-0.3, -0.25) is 9.69 Å². The van der Waals surface area contributed by atoms with Gasteiger partial charge in [-0.25, -0.2) is 0 Å². The smallest absolute Gasteiger partial charge is 0.229 e. The third-order valence-electron chi connectivity index (χ3n) is 5.57. The molecule has 0 bridgehead atoms. The van der Waals surface area contributed by atoms with Gasteiger partial charge >= 0.3 is 0 Å². The normalized spacial score (nSPS) is 18.2. The highest BCUT2D eigenvalue weighted by Crippen LogP contribution is 2.47. The molecule has 0 aromatic heterocycles. The van der Waals surface area contributed by atoms with E-state index in [1.165, 1.54) is 11.8 Å². The van der Waals surface area contributed by atoms with Crippen molar-refractivity contribution in [3.8, 4) is 23.3 Å². The molecule has 1 unspecified atom stereocenters. The SMILES string of the molecule is COc1cc(C2CC(=O)N3CN(c4ccc(Br)cc4)CSC3=C2C#N)cc(OC)c1OC. The Morgan fingerprint density at radius 3 is 2.31 bits per heavy atom. The molecule has 0 aliphatic carbocycles. The number of benzene rings is 2. The Bertz CT molecular complexity index is 1090. The van der Waals surface area contributed by atoms with Crippen molar-refractivity contribution < 1.29 is 19.0 Å². The van der Waals surface area contributed by atoms with E-state index in [1.807, 2.05) is 36.4 Å². The van der Waals surface area contributed by atoms with Gasteiger partial charge in [0.05, 0.1) is 50.5 Å². The van der Waals surface area contributed by atoms with Crippen molar-refractivity contribution >= 4 is 39.3 Å². The number of ether oxygens (including phenoxy) is 3. The van der Waals surface area contributed by atoms with Crippen molar-refractivity contribution in [2.45, 2.75) is 12.3 Å². The third kappa shape index (κ3) is 4.00. The molecule has 0 radical (unpaired) electrons. The van der Waals surface area contributed by atoms with Gasteiger partial charge < -0.3 is 19.1 Å². The average molecular weight is 516 g/mol. The molecule has 2 aliphatic rings. The number of methoxy groups -OCH3 is 3. The van der Waals surface area contributed by atoms with Crippen molar-refractivity contribution in [2.24, 2.45) is 0 Å². The summed E-state index contributed by atoms with van der Waals surface area (Å²) < 4.78 is 17.3. The topological polar surface area (TPSA) is 75.0 Å². The molecule has 2 heterocycles. The second-order valence-corrected chi connectivity index (χ2v) is 9.15. The number of rotatable bonds is 5. The van der Waals surface area contributed by atoms with Crippen LogP contribution in [0, 0.1) is 11.3 Å². The molecule has 9 heteroatoms. The van der Waals surface area contributed by atoms with Gasteiger partial charge in [0.1, 0.15) is 0 Å². The summed E-state index contributed by atoms with van der Waals surface area (Å²) >= 11 is 4.96. The Hall–Kier alpha value is -2.83. The van der Waals surface area contributed by atoms with E-state index in [4.69, 9.17) is 14.2 Å². The van der Waals surface area contributed by atoms with Crippen molar-refractivity contribution in [1.29, 1.82) is 5.26 Å².